The van der Waals surface area contributed by atoms with Gasteiger partial charge >= 0.3 is 0 Å². The molecule has 94 valence electrons. The lowest BCUT2D eigenvalue weighted by Gasteiger charge is -2.05. The Bertz CT molecular complexity index is 566. The molecule has 0 aliphatic heterocycles. The van der Waals surface area contributed by atoms with Gasteiger partial charge in [-0.3, -0.25) is 0 Å². The quantitative estimate of drug-likeness (QED) is 0.676. The molecule has 1 aliphatic rings. The van der Waals surface area contributed by atoms with Gasteiger partial charge in [0.15, 0.2) is 0 Å². The maximum Gasteiger partial charge on any atom is 0.209 e. The first-order chi connectivity index (χ1) is 8.74. The summed E-state index contributed by atoms with van der Waals surface area (Å²) >= 11 is 1.48. The normalized spacial score (nSPS) is 14.9. The van der Waals surface area contributed by atoms with Crippen LogP contribution < -0.4 is 5.73 Å². The third kappa shape index (κ3) is 2.31. The smallest absolute Gasteiger partial charge is 0.209 e. The van der Waals surface area contributed by atoms with Crippen LogP contribution in [0.3, 0.4) is 0 Å². The number of nitrogens with zero attached hydrogens (tertiary/aromatic N) is 4. The molecule has 1 aromatic carbocycles. The number of hydrogen-bond donors (Lipinski definition) is 1. The van der Waals surface area contributed by atoms with Gasteiger partial charge in [-0.25, -0.2) is 9.07 Å². The summed E-state index contributed by atoms with van der Waals surface area (Å²) in [6.07, 6.45) is 2.25. The van der Waals surface area contributed by atoms with Crippen LogP contribution >= 0.6 is 11.8 Å². The van der Waals surface area contributed by atoms with E-state index in [4.69, 9.17) is 5.73 Å². The van der Waals surface area contributed by atoms with Gasteiger partial charge in [-0.2, -0.15) is 0 Å². The van der Waals surface area contributed by atoms with Gasteiger partial charge in [0.2, 0.25) is 5.16 Å². The standard InChI is InChI=1S/C11H12FN5S/c12-8-1-4-10(13)7(5-8)6-18-11-14-15-16-17(11)9-2-3-9/h1,4-5,9H,2-3,6,13H2. The second-order valence-corrected chi connectivity index (χ2v) is 5.21. The summed E-state index contributed by atoms with van der Waals surface area (Å²) in [5.41, 5.74) is 7.16. The van der Waals surface area contributed by atoms with Crippen LogP contribution in [-0.4, -0.2) is 20.2 Å². The molecule has 1 aliphatic carbocycles. The Balaban J connectivity index is 1.73. The van der Waals surface area contributed by atoms with Crippen molar-refractivity contribution in [1.29, 1.82) is 0 Å². The number of nitrogens with two attached hydrogens (primary N) is 1. The van der Waals surface area contributed by atoms with Crippen molar-refractivity contribution in [3.05, 3.63) is 29.6 Å². The summed E-state index contributed by atoms with van der Waals surface area (Å²) in [6, 6.07) is 4.83. The SMILES string of the molecule is Nc1ccc(F)cc1CSc1nnnn1C1CC1. The molecule has 0 saturated heterocycles. The molecule has 2 aromatic rings. The summed E-state index contributed by atoms with van der Waals surface area (Å²) in [5, 5.41) is 12.4. The number of rotatable bonds is 4. The first-order valence-corrected chi connectivity index (χ1v) is 6.67. The molecule has 0 radical (unpaired) electrons. The number of anilines is 1. The Kier molecular flexibility index (Phi) is 2.91. The summed E-state index contributed by atoms with van der Waals surface area (Å²) in [7, 11) is 0. The molecule has 1 heterocycles. The Morgan fingerprint density at radius 3 is 3.06 bits per heavy atom. The zero-order chi connectivity index (χ0) is 12.5. The molecule has 0 unspecified atom stereocenters. The molecule has 1 aromatic heterocycles. The van der Waals surface area contributed by atoms with E-state index in [9.17, 15) is 4.39 Å². The van der Waals surface area contributed by atoms with Crippen molar-refractivity contribution in [2.24, 2.45) is 0 Å². The monoisotopic (exact) mass is 265 g/mol. The number of hydrogen-bond acceptors (Lipinski definition) is 5. The van der Waals surface area contributed by atoms with Crippen LogP contribution in [0.1, 0.15) is 24.4 Å². The molecule has 0 spiro atoms. The Hall–Kier alpha value is -1.63. The highest BCUT2D eigenvalue weighted by molar-refractivity contribution is 7.98. The second kappa shape index (κ2) is 4.56. The molecule has 3 rings (SSSR count). The van der Waals surface area contributed by atoms with E-state index >= 15 is 0 Å². The van der Waals surface area contributed by atoms with Gasteiger partial charge in [0.25, 0.3) is 0 Å². The first kappa shape index (κ1) is 11.5. The van der Waals surface area contributed by atoms with Gasteiger partial charge in [0.1, 0.15) is 5.82 Å². The van der Waals surface area contributed by atoms with E-state index < -0.39 is 0 Å². The number of aromatic nitrogens is 4. The Morgan fingerprint density at radius 1 is 1.44 bits per heavy atom. The van der Waals surface area contributed by atoms with Gasteiger partial charge in [-0.05, 0) is 47.0 Å². The largest absolute Gasteiger partial charge is 0.398 e. The fourth-order valence-corrected chi connectivity index (χ4v) is 2.62. The summed E-state index contributed by atoms with van der Waals surface area (Å²) < 4.78 is 15.0. The minimum Gasteiger partial charge on any atom is -0.398 e. The molecular formula is C11H12FN5S. The van der Waals surface area contributed by atoms with Crippen LogP contribution in [0, 0.1) is 5.82 Å². The molecule has 18 heavy (non-hydrogen) atoms. The van der Waals surface area contributed by atoms with E-state index in [1.54, 1.807) is 6.07 Å². The van der Waals surface area contributed by atoms with Crippen molar-refractivity contribution in [2.45, 2.75) is 29.8 Å². The zero-order valence-corrected chi connectivity index (χ0v) is 10.4. The molecule has 0 atom stereocenters. The lowest BCUT2D eigenvalue weighted by molar-refractivity contribution is 0.565. The fraction of sp³-hybridized carbons (Fsp3) is 0.364. The Morgan fingerprint density at radius 2 is 2.28 bits per heavy atom. The molecule has 0 amide bonds. The van der Waals surface area contributed by atoms with Gasteiger partial charge < -0.3 is 5.73 Å². The van der Waals surface area contributed by atoms with Crippen molar-refractivity contribution >= 4 is 17.4 Å². The van der Waals surface area contributed by atoms with Crippen LogP contribution in [0.2, 0.25) is 0 Å². The average molecular weight is 265 g/mol. The maximum atomic E-state index is 13.1. The number of thioether (sulfide) groups is 1. The van der Waals surface area contributed by atoms with Crippen molar-refractivity contribution < 1.29 is 4.39 Å². The summed E-state index contributed by atoms with van der Waals surface area (Å²) in [4.78, 5) is 0. The van der Waals surface area contributed by atoms with Crippen molar-refractivity contribution in [3.8, 4) is 0 Å². The molecule has 1 saturated carbocycles. The minimum absolute atomic E-state index is 0.276. The second-order valence-electron chi connectivity index (χ2n) is 4.27. The lowest BCUT2D eigenvalue weighted by atomic mass is 10.2. The Labute approximate surface area is 108 Å². The lowest BCUT2D eigenvalue weighted by Crippen LogP contribution is -1.99. The predicted octanol–water partition coefficient (Wildman–Crippen LogP) is 2.02. The molecule has 2 N–H and O–H groups in total. The van der Waals surface area contributed by atoms with Crippen LogP contribution in [0.15, 0.2) is 23.4 Å². The van der Waals surface area contributed by atoms with Gasteiger partial charge in [-0.15, -0.1) is 5.10 Å². The molecule has 1 fully saturated rings. The number of benzene rings is 1. The summed E-state index contributed by atoms with van der Waals surface area (Å²) in [5.74, 6) is 0.290. The van der Waals surface area contributed by atoms with E-state index in [1.807, 2.05) is 4.68 Å². The summed E-state index contributed by atoms with van der Waals surface area (Å²) in [6.45, 7) is 0. The molecule has 0 bridgehead atoms. The predicted molar refractivity (Wildman–Crippen MR) is 66.5 cm³/mol. The van der Waals surface area contributed by atoms with E-state index in [0.717, 1.165) is 23.6 Å². The minimum atomic E-state index is -0.276. The highest BCUT2D eigenvalue weighted by Gasteiger charge is 2.27. The van der Waals surface area contributed by atoms with Gasteiger partial charge in [0.05, 0.1) is 6.04 Å². The number of tetrazole rings is 1. The highest BCUT2D eigenvalue weighted by Crippen LogP contribution is 2.37. The van der Waals surface area contributed by atoms with E-state index in [1.165, 1.54) is 23.9 Å². The van der Waals surface area contributed by atoms with E-state index in [0.29, 0.717) is 17.5 Å². The van der Waals surface area contributed by atoms with E-state index in [-0.39, 0.29) is 5.82 Å². The van der Waals surface area contributed by atoms with Crippen LogP contribution in [0.5, 0.6) is 0 Å². The third-order valence-electron chi connectivity index (χ3n) is 2.82. The average Bonchev–Trinajstić information content (AvgIpc) is 3.10. The molecular weight excluding hydrogens is 253 g/mol. The van der Waals surface area contributed by atoms with Crippen LogP contribution in [0.25, 0.3) is 0 Å². The van der Waals surface area contributed by atoms with Crippen molar-refractivity contribution in [3.63, 3.8) is 0 Å². The zero-order valence-electron chi connectivity index (χ0n) is 9.58. The topological polar surface area (TPSA) is 69.6 Å². The fourth-order valence-electron chi connectivity index (χ4n) is 1.67. The molecule has 7 heteroatoms. The highest BCUT2D eigenvalue weighted by atomic mass is 32.2. The molecule has 5 nitrogen and oxygen atoms in total. The van der Waals surface area contributed by atoms with Crippen LogP contribution in [0.4, 0.5) is 10.1 Å². The van der Waals surface area contributed by atoms with Crippen LogP contribution in [-0.2, 0) is 5.75 Å². The van der Waals surface area contributed by atoms with Gasteiger partial charge in [0, 0.05) is 11.4 Å². The van der Waals surface area contributed by atoms with Gasteiger partial charge in [-0.1, -0.05) is 11.8 Å². The number of halogens is 1. The number of nitrogen functional groups attached to an aromatic ring is 1. The van der Waals surface area contributed by atoms with E-state index in [2.05, 4.69) is 15.5 Å². The van der Waals surface area contributed by atoms with Crippen molar-refractivity contribution in [1.82, 2.24) is 20.2 Å². The first-order valence-electron chi connectivity index (χ1n) is 5.68. The third-order valence-corrected chi connectivity index (χ3v) is 3.80. The maximum absolute atomic E-state index is 13.1. The van der Waals surface area contributed by atoms with Crippen molar-refractivity contribution in [2.75, 3.05) is 5.73 Å².